The molecule has 2 saturated heterocycles. The number of benzene rings is 1. The molecule has 0 saturated carbocycles. The largest absolute Gasteiger partial charge is 0.317 e. The lowest BCUT2D eigenvalue weighted by molar-refractivity contribution is -0.140. The number of nitrogens with zero attached hydrogens (tertiary/aromatic N) is 1. The molecule has 0 radical (unpaired) electrons. The minimum absolute atomic E-state index is 0.00662. The number of imide groups is 1. The Kier molecular flexibility index (Phi) is 2.90. The van der Waals surface area contributed by atoms with Crippen LogP contribution in [-0.4, -0.2) is 36.9 Å². The van der Waals surface area contributed by atoms with E-state index < -0.39 is 5.41 Å². The second kappa shape index (κ2) is 4.46. The maximum Gasteiger partial charge on any atom is 0.237 e. The number of nitrogens with one attached hydrogen (secondary N) is 1. The Balaban J connectivity index is 2.08. The SMILES string of the molecule is CN1C(=O)C(c2ccccc2)C2(CCNCC2)C1=O. The van der Waals surface area contributed by atoms with Gasteiger partial charge in [-0.15, -0.1) is 0 Å². The topological polar surface area (TPSA) is 49.4 Å². The van der Waals surface area contributed by atoms with Crippen molar-refractivity contribution in [2.45, 2.75) is 18.8 Å². The molecule has 0 aliphatic carbocycles. The van der Waals surface area contributed by atoms with Crippen molar-refractivity contribution in [3.05, 3.63) is 35.9 Å². The molecule has 1 aromatic rings. The van der Waals surface area contributed by atoms with Crippen molar-refractivity contribution < 1.29 is 9.59 Å². The number of hydrogen-bond acceptors (Lipinski definition) is 3. The van der Waals surface area contributed by atoms with Gasteiger partial charge in [-0.1, -0.05) is 30.3 Å². The molecule has 0 aromatic heterocycles. The average Bonchev–Trinajstić information content (AvgIpc) is 2.63. The molecular formula is C15H18N2O2. The van der Waals surface area contributed by atoms with E-state index in [0.717, 1.165) is 31.5 Å². The molecule has 3 rings (SSSR count). The smallest absolute Gasteiger partial charge is 0.237 e. The number of amides is 2. The first kappa shape index (κ1) is 12.4. The summed E-state index contributed by atoms with van der Waals surface area (Å²) in [5.41, 5.74) is 0.436. The van der Waals surface area contributed by atoms with E-state index in [9.17, 15) is 9.59 Å². The Morgan fingerprint density at radius 3 is 2.42 bits per heavy atom. The van der Waals surface area contributed by atoms with Crippen LogP contribution in [0.25, 0.3) is 0 Å². The molecule has 2 heterocycles. The van der Waals surface area contributed by atoms with Crippen LogP contribution in [0.1, 0.15) is 24.3 Å². The van der Waals surface area contributed by atoms with Crippen LogP contribution in [0.3, 0.4) is 0 Å². The zero-order chi connectivity index (χ0) is 13.5. The van der Waals surface area contributed by atoms with E-state index in [4.69, 9.17) is 0 Å². The second-order valence-corrected chi connectivity index (χ2v) is 5.45. The van der Waals surface area contributed by atoms with Gasteiger partial charge in [-0.3, -0.25) is 14.5 Å². The molecule has 19 heavy (non-hydrogen) atoms. The number of likely N-dealkylation sites (tertiary alicyclic amines) is 1. The zero-order valence-electron chi connectivity index (χ0n) is 11.1. The molecule has 1 atom stereocenters. The highest BCUT2D eigenvalue weighted by Crippen LogP contribution is 2.49. The quantitative estimate of drug-likeness (QED) is 0.768. The zero-order valence-corrected chi connectivity index (χ0v) is 11.1. The third kappa shape index (κ3) is 1.70. The van der Waals surface area contributed by atoms with Crippen molar-refractivity contribution in [1.82, 2.24) is 10.2 Å². The van der Waals surface area contributed by atoms with Crippen LogP contribution < -0.4 is 5.32 Å². The minimum Gasteiger partial charge on any atom is -0.317 e. The molecule has 2 aliphatic heterocycles. The predicted molar refractivity (Wildman–Crippen MR) is 71.5 cm³/mol. The first-order valence-corrected chi connectivity index (χ1v) is 6.74. The normalized spacial score (nSPS) is 26.2. The summed E-state index contributed by atoms with van der Waals surface area (Å²) < 4.78 is 0. The predicted octanol–water partition coefficient (Wildman–Crippen LogP) is 1.14. The lowest BCUT2D eigenvalue weighted by Gasteiger charge is -2.35. The van der Waals surface area contributed by atoms with Crippen molar-refractivity contribution in [3.63, 3.8) is 0 Å². The van der Waals surface area contributed by atoms with Gasteiger partial charge >= 0.3 is 0 Å². The van der Waals surface area contributed by atoms with Crippen molar-refractivity contribution >= 4 is 11.8 Å². The summed E-state index contributed by atoms with van der Waals surface area (Å²) in [5.74, 6) is -0.376. The number of likely N-dealkylation sites (N-methyl/N-ethyl adjacent to an activating group) is 1. The molecular weight excluding hydrogens is 240 g/mol. The van der Waals surface area contributed by atoms with Crippen molar-refractivity contribution in [2.75, 3.05) is 20.1 Å². The molecule has 2 fully saturated rings. The fraction of sp³-hybridized carbons (Fsp3) is 0.467. The molecule has 1 N–H and O–H groups in total. The van der Waals surface area contributed by atoms with Gasteiger partial charge < -0.3 is 5.32 Å². The fourth-order valence-corrected chi connectivity index (χ4v) is 3.47. The molecule has 1 unspecified atom stereocenters. The lowest BCUT2D eigenvalue weighted by atomic mass is 9.68. The van der Waals surface area contributed by atoms with Crippen molar-refractivity contribution in [2.24, 2.45) is 5.41 Å². The maximum atomic E-state index is 12.6. The Morgan fingerprint density at radius 2 is 1.79 bits per heavy atom. The maximum absolute atomic E-state index is 12.6. The molecule has 4 nitrogen and oxygen atoms in total. The first-order valence-electron chi connectivity index (χ1n) is 6.74. The second-order valence-electron chi connectivity index (χ2n) is 5.45. The summed E-state index contributed by atoms with van der Waals surface area (Å²) in [6.07, 6.45) is 1.48. The summed E-state index contributed by atoms with van der Waals surface area (Å²) in [6, 6.07) is 9.71. The average molecular weight is 258 g/mol. The van der Waals surface area contributed by atoms with Gasteiger partial charge in [0, 0.05) is 7.05 Å². The summed E-state index contributed by atoms with van der Waals surface area (Å²) in [7, 11) is 1.61. The highest BCUT2D eigenvalue weighted by molar-refractivity contribution is 6.09. The van der Waals surface area contributed by atoms with Crippen LogP contribution in [0.5, 0.6) is 0 Å². The summed E-state index contributed by atoms with van der Waals surface area (Å²) in [6.45, 7) is 1.60. The van der Waals surface area contributed by atoms with E-state index in [2.05, 4.69) is 5.32 Å². The van der Waals surface area contributed by atoms with Crippen molar-refractivity contribution in [3.8, 4) is 0 Å². The molecule has 0 bridgehead atoms. The third-order valence-corrected chi connectivity index (χ3v) is 4.49. The monoisotopic (exact) mass is 258 g/mol. The van der Waals surface area contributed by atoms with Gasteiger partial charge in [0.05, 0.1) is 11.3 Å². The van der Waals surface area contributed by atoms with Crippen molar-refractivity contribution in [1.29, 1.82) is 0 Å². The highest BCUT2D eigenvalue weighted by atomic mass is 16.2. The molecule has 2 amide bonds. The van der Waals surface area contributed by atoms with Gasteiger partial charge in [-0.25, -0.2) is 0 Å². The highest BCUT2D eigenvalue weighted by Gasteiger charge is 2.58. The van der Waals surface area contributed by atoms with E-state index in [-0.39, 0.29) is 17.7 Å². The number of hydrogen-bond donors (Lipinski definition) is 1. The standard InChI is InChI=1S/C15H18N2O2/c1-17-13(18)12(11-5-3-2-4-6-11)15(14(17)19)7-9-16-10-8-15/h2-6,12,16H,7-10H2,1H3. The molecule has 100 valence electrons. The number of carbonyl (C=O) groups is 2. The third-order valence-electron chi connectivity index (χ3n) is 4.49. The molecule has 1 aromatic carbocycles. The van der Waals surface area contributed by atoms with Gasteiger partial charge in [-0.2, -0.15) is 0 Å². The van der Waals surface area contributed by atoms with Gasteiger partial charge in [-0.05, 0) is 31.5 Å². The Hall–Kier alpha value is -1.68. The molecule has 4 heteroatoms. The number of rotatable bonds is 1. The fourth-order valence-electron chi connectivity index (χ4n) is 3.47. The van der Waals surface area contributed by atoms with E-state index >= 15 is 0 Å². The van der Waals surface area contributed by atoms with Gasteiger partial charge in [0.1, 0.15) is 0 Å². The van der Waals surface area contributed by atoms with Crippen LogP contribution in [0.2, 0.25) is 0 Å². The summed E-state index contributed by atoms with van der Waals surface area (Å²) in [4.78, 5) is 26.4. The lowest BCUT2D eigenvalue weighted by Crippen LogP contribution is -2.44. The van der Waals surface area contributed by atoms with E-state index in [1.54, 1.807) is 7.05 Å². The Bertz CT molecular complexity index is 506. The van der Waals surface area contributed by atoms with E-state index in [1.165, 1.54) is 4.90 Å². The van der Waals surface area contributed by atoms with Crippen LogP contribution in [0, 0.1) is 5.41 Å². The van der Waals surface area contributed by atoms with Crippen LogP contribution in [-0.2, 0) is 9.59 Å². The van der Waals surface area contributed by atoms with Crippen LogP contribution >= 0.6 is 0 Å². The molecule has 2 aliphatic rings. The number of carbonyl (C=O) groups excluding carboxylic acids is 2. The molecule has 1 spiro atoms. The Morgan fingerprint density at radius 1 is 1.16 bits per heavy atom. The van der Waals surface area contributed by atoms with E-state index in [0.29, 0.717) is 0 Å². The Labute approximate surface area is 112 Å². The van der Waals surface area contributed by atoms with Gasteiger partial charge in [0.25, 0.3) is 0 Å². The van der Waals surface area contributed by atoms with Crippen LogP contribution in [0.4, 0.5) is 0 Å². The van der Waals surface area contributed by atoms with Gasteiger partial charge in [0.15, 0.2) is 0 Å². The minimum atomic E-state index is -0.529. The number of piperidine rings is 1. The van der Waals surface area contributed by atoms with Crippen LogP contribution in [0.15, 0.2) is 30.3 Å². The van der Waals surface area contributed by atoms with Gasteiger partial charge in [0.2, 0.25) is 11.8 Å². The summed E-state index contributed by atoms with van der Waals surface area (Å²) >= 11 is 0. The van der Waals surface area contributed by atoms with E-state index in [1.807, 2.05) is 30.3 Å². The summed E-state index contributed by atoms with van der Waals surface area (Å²) in [5, 5.41) is 3.28. The first-order chi connectivity index (χ1) is 9.17.